The van der Waals surface area contributed by atoms with Crippen molar-refractivity contribution in [2.24, 2.45) is 5.10 Å². The van der Waals surface area contributed by atoms with Gasteiger partial charge < -0.3 is 10.2 Å². The third kappa shape index (κ3) is 3.28. The molecule has 0 aliphatic rings. The Hall–Kier alpha value is -3.79. The van der Waals surface area contributed by atoms with Crippen LogP contribution in [0.15, 0.2) is 39.9 Å². The summed E-state index contributed by atoms with van der Waals surface area (Å²) in [7, 11) is 0. The molecule has 3 N–H and O–H groups in total. The highest BCUT2D eigenvalue weighted by atomic mass is 16.4. The smallest absolute Gasteiger partial charge is 0.273 e. The molecule has 1 amide bonds. The van der Waals surface area contributed by atoms with Gasteiger partial charge in [-0.25, -0.2) is 5.43 Å². The average molecular weight is 375 g/mol. The maximum Gasteiger partial charge on any atom is 0.273 e. The van der Waals surface area contributed by atoms with Gasteiger partial charge in [-0.1, -0.05) is 12.1 Å². The first-order chi connectivity index (χ1) is 13.3. The summed E-state index contributed by atoms with van der Waals surface area (Å²) in [4.78, 5) is 12.2. The molecule has 0 unspecified atom stereocenters. The van der Waals surface area contributed by atoms with E-state index in [9.17, 15) is 10.1 Å². The third-order valence-electron chi connectivity index (χ3n) is 4.73. The number of nitrogens with one attached hydrogen (secondary N) is 1. The van der Waals surface area contributed by atoms with E-state index in [2.05, 4.69) is 16.6 Å². The minimum atomic E-state index is -0.382. The van der Waals surface area contributed by atoms with Crippen molar-refractivity contribution < 1.29 is 9.21 Å². The van der Waals surface area contributed by atoms with Crippen LogP contribution in [0.5, 0.6) is 0 Å². The van der Waals surface area contributed by atoms with Crippen molar-refractivity contribution in [2.45, 2.75) is 27.7 Å². The molecule has 7 nitrogen and oxygen atoms in total. The lowest BCUT2D eigenvalue weighted by atomic mass is 10.2. The summed E-state index contributed by atoms with van der Waals surface area (Å²) in [5.74, 6) is 0.822. The number of carbonyl (C=O) groups excluding carboxylic acids is 1. The fraction of sp³-hybridized carbons (Fsp3) is 0.190. The second-order valence-electron chi connectivity index (χ2n) is 6.52. The molecule has 0 saturated carbocycles. The molecule has 1 aromatic carbocycles. The Kier molecular flexibility index (Phi) is 5.05. The molecule has 2 aromatic heterocycles. The van der Waals surface area contributed by atoms with E-state index >= 15 is 0 Å². The lowest BCUT2D eigenvalue weighted by Crippen LogP contribution is -2.19. The Bertz CT molecular complexity index is 1130. The molecule has 0 atom stereocenters. The van der Waals surface area contributed by atoms with Gasteiger partial charge in [-0.3, -0.25) is 9.36 Å². The number of hydrogen-bond acceptors (Lipinski definition) is 5. The van der Waals surface area contributed by atoms with Crippen LogP contribution >= 0.6 is 0 Å². The summed E-state index contributed by atoms with van der Waals surface area (Å²) in [5, 5.41) is 13.5. The molecular formula is C21H21N5O2. The molecule has 7 heteroatoms. The van der Waals surface area contributed by atoms with Crippen LogP contribution in [-0.4, -0.2) is 16.7 Å². The van der Waals surface area contributed by atoms with E-state index in [1.807, 2.05) is 38.3 Å². The summed E-state index contributed by atoms with van der Waals surface area (Å²) in [6.07, 6.45) is 1.56. The van der Waals surface area contributed by atoms with Crippen LogP contribution in [0.2, 0.25) is 0 Å². The number of nitrogen functional groups attached to an aromatic ring is 1. The van der Waals surface area contributed by atoms with Crippen LogP contribution in [0.1, 0.15) is 44.2 Å². The van der Waals surface area contributed by atoms with Crippen molar-refractivity contribution in [1.82, 2.24) is 9.99 Å². The van der Waals surface area contributed by atoms with Gasteiger partial charge in [0.15, 0.2) is 0 Å². The summed E-state index contributed by atoms with van der Waals surface area (Å²) in [6, 6.07) is 10.9. The molecule has 0 spiro atoms. The Balaban J connectivity index is 1.88. The number of amides is 1. The van der Waals surface area contributed by atoms with Gasteiger partial charge in [0.1, 0.15) is 17.4 Å². The quantitative estimate of drug-likeness (QED) is 0.413. The zero-order valence-electron chi connectivity index (χ0n) is 16.2. The lowest BCUT2D eigenvalue weighted by molar-refractivity contribution is 0.0956. The van der Waals surface area contributed by atoms with Crippen molar-refractivity contribution >= 4 is 17.8 Å². The van der Waals surface area contributed by atoms with Gasteiger partial charge in [0, 0.05) is 28.2 Å². The first-order valence-corrected chi connectivity index (χ1v) is 8.72. The van der Waals surface area contributed by atoms with Gasteiger partial charge in [-0.2, -0.15) is 10.4 Å². The maximum absolute atomic E-state index is 12.2. The van der Waals surface area contributed by atoms with Gasteiger partial charge >= 0.3 is 0 Å². The lowest BCUT2D eigenvalue weighted by Gasteiger charge is -2.06. The van der Waals surface area contributed by atoms with Crippen molar-refractivity contribution in [1.29, 1.82) is 5.26 Å². The number of anilines is 1. The van der Waals surface area contributed by atoms with E-state index in [1.165, 1.54) is 0 Å². The molecule has 0 aliphatic heterocycles. The van der Waals surface area contributed by atoms with Crippen LogP contribution in [0.25, 0.3) is 5.88 Å². The Morgan fingerprint density at radius 2 is 2.00 bits per heavy atom. The van der Waals surface area contributed by atoms with Gasteiger partial charge in [-0.15, -0.1) is 0 Å². The van der Waals surface area contributed by atoms with Gasteiger partial charge in [0.2, 0.25) is 5.88 Å². The van der Waals surface area contributed by atoms with Crippen LogP contribution < -0.4 is 11.2 Å². The number of hydrazone groups is 1. The minimum absolute atomic E-state index is 0.366. The predicted molar refractivity (Wildman–Crippen MR) is 108 cm³/mol. The van der Waals surface area contributed by atoms with Gasteiger partial charge in [0.05, 0.1) is 11.8 Å². The molecule has 0 radical (unpaired) electrons. The number of aromatic nitrogens is 1. The van der Waals surface area contributed by atoms with Gasteiger partial charge in [0.25, 0.3) is 5.91 Å². The van der Waals surface area contributed by atoms with Crippen LogP contribution in [0.4, 0.5) is 5.69 Å². The number of benzene rings is 1. The zero-order valence-corrected chi connectivity index (χ0v) is 16.2. The molecular weight excluding hydrogens is 354 g/mol. The summed E-state index contributed by atoms with van der Waals surface area (Å²) >= 11 is 0. The highest BCUT2D eigenvalue weighted by Gasteiger charge is 2.20. The highest BCUT2D eigenvalue weighted by molar-refractivity contribution is 5.99. The molecule has 0 fully saturated rings. The van der Waals surface area contributed by atoms with E-state index < -0.39 is 0 Å². The van der Waals surface area contributed by atoms with Crippen molar-refractivity contribution in [3.63, 3.8) is 0 Å². The normalized spacial score (nSPS) is 11.0. The Labute approximate surface area is 163 Å². The largest absolute Gasteiger partial charge is 0.443 e. The molecule has 0 bridgehead atoms. The molecule has 142 valence electrons. The standard InChI is InChI=1S/C21H21N5O2/c1-12-9-16(11-24-25-20(27)17-7-5-6-8-19(17)23)14(3)26(12)21-18(10-22)13(2)15(4)28-21/h5-9,11H,23H2,1-4H3,(H,25,27)/b24-11-. The number of nitrogens with two attached hydrogens (primary N) is 1. The van der Waals surface area contributed by atoms with E-state index in [0.717, 1.165) is 22.5 Å². The molecule has 3 rings (SSSR count). The Morgan fingerprint density at radius 3 is 2.68 bits per heavy atom. The fourth-order valence-electron chi connectivity index (χ4n) is 3.05. The summed E-state index contributed by atoms with van der Waals surface area (Å²) in [6.45, 7) is 7.52. The minimum Gasteiger partial charge on any atom is -0.443 e. The highest BCUT2D eigenvalue weighted by Crippen LogP contribution is 2.28. The number of nitriles is 1. The van der Waals surface area contributed by atoms with Gasteiger partial charge in [-0.05, 0) is 45.9 Å². The number of para-hydroxylation sites is 1. The predicted octanol–water partition coefficient (Wildman–Crippen LogP) is 3.52. The molecule has 2 heterocycles. The second-order valence-corrected chi connectivity index (χ2v) is 6.52. The average Bonchev–Trinajstić information content (AvgIpc) is 3.10. The van der Waals surface area contributed by atoms with Crippen molar-refractivity contribution in [3.8, 4) is 12.0 Å². The summed E-state index contributed by atoms with van der Waals surface area (Å²) < 4.78 is 7.70. The number of rotatable bonds is 4. The SMILES string of the molecule is Cc1oc(-n2c(C)cc(/C=N\NC(=O)c3ccccc3N)c2C)c(C#N)c1C. The second kappa shape index (κ2) is 7.45. The third-order valence-corrected chi connectivity index (χ3v) is 4.73. The van der Waals surface area contributed by atoms with Crippen LogP contribution in [0.3, 0.4) is 0 Å². The number of hydrogen-bond donors (Lipinski definition) is 2. The first-order valence-electron chi connectivity index (χ1n) is 8.72. The Morgan fingerprint density at radius 1 is 1.29 bits per heavy atom. The molecule has 28 heavy (non-hydrogen) atoms. The van der Waals surface area contributed by atoms with E-state index in [-0.39, 0.29) is 5.91 Å². The van der Waals surface area contributed by atoms with Crippen LogP contribution in [0, 0.1) is 39.0 Å². The topological polar surface area (TPSA) is 109 Å². The fourth-order valence-corrected chi connectivity index (χ4v) is 3.05. The van der Waals surface area contributed by atoms with Crippen LogP contribution in [-0.2, 0) is 0 Å². The molecule has 3 aromatic rings. The summed E-state index contributed by atoms with van der Waals surface area (Å²) in [5.41, 5.74) is 12.9. The number of furan rings is 1. The number of nitrogens with zero attached hydrogens (tertiary/aromatic N) is 3. The first kappa shape index (κ1) is 19.0. The van der Waals surface area contributed by atoms with Crippen molar-refractivity contribution in [3.05, 3.63) is 69.7 Å². The van der Waals surface area contributed by atoms with Crippen molar-refractivity contribution in [2.75, 3.05) is 5.73 Å². The molecule has 0 saturated heterocycles. The monoisotopic (exact) mass is 375 g/mol. The number of carbonyl (C=O) groups is 1. The van der Waals surface area contributed by atoms with E-state index in [1.54, 1.807) is 30.5 Å². The zero-order chi connectivity index (χ0) is 20.4. The maximum atomic E-state index is 12.2. The molecule has 0 aliphatic carbocycles. The van der Waals surface area contributed by atoms with E-state index in [0.29, 0.717) is 28.5 Å². The van der Waals surface area contributed by atoms with E-state index in [4.69, 9.17) is 10.2 Å². The number of aryl methyl sites for hydroxylation is 2.